The summed E-state index contributed by atoms with van der Waals surface area (Å²) in [6.45, 7) is 2.01. The van der Waals surface area contributed by atoms with Crippen molar-refractivity contribution in [2.75, 3.05) is 0 Å². The van der Waals surface area contributed by atoms with Gasteiger partial charge >= 0.3 is 0 Å². The van der Waals surface area contributed by atoms with Gasteiger partial charge in [-0.1, -0.05) is 35.0 Å². The van der Waals surface area contributed by atoms with Crippen molar-refractivity contribution >= 4 is 15.9 Å². The molecule has 88 valence electrons. The summed E-state index contributed by atoms with van der Waals surface area (Å²) < 4.78 is 0.982. The lowest BCUT2D eigenvalue weighted by molar-refractivity contribution is 0.151. The third kappa shape index (κ3) is 2.93. The van der Waals surface area contributed by atoms with E-state index in [0.717, 1.165) is 15.6 Å². The topological polar surface area (TPSA) is 33.1 Å². The normalized spacial score (nSPS) is 14.3. The summed E-state index contributed by atoms with van der Waals surface area (Å²) in [5.41, 5.74) is 2.01. The molecule has 0 saturated heterocycles. The first kappa shape index (κ1) is 12.3. The molecule has 2 atom stereocenters. The molecule has 0 aliphatic heterocycles. The average Bonchev–Trinajstić information content (AvgIpc) is 2.38. The number of aromatic nitrogens is 1. The largest absolute Gasteiger partial charge is 0.388 e. The lowest BCUT2D eigenvalue weighted by atomic mass is 9.91. The second-order valence-electron chi connectivity index (χ2n) is 4.07. The summed E-state index contributed by atoms with van der Waals surface area (Å²) >= 11 is 3.41. The van der Waals surface area contributed by atoms with Gasteiger partial charge < -0.3 is 5.11 Å². The number of aliphatic hydroxyl groups excluding tert-OH is 1. The van der Waals surface area contributed by atoms with Crippen molar-refractivity contribution in [2.45, 2.75) is 18.9 Å². The first-order valence-electron chi connectivity index (χ1n) is 5.52. The standard InChI is InChI=1S/C14H14BrNO/c1-10(11-5-7-16-8-6-11)14(17)12-3-2-4-13(15)9-12/h2-10,14,17H,1H3. The molecule has 2 nitrogen and oxygen atoms in total. The van der Waals surface area contributed by atoms with Gasteiger partial charge in [-0.05, 0) is 35.4 Å². The molecule has 0 amide bonds. The zero-order valence-corrected chi connectivity index (χ0v) is 11.1. The number of hydrogen-bond acceptors (Lipinski definition) is 2. The molecular weight excluding hydrogens is 278 g/mol. The van der Waals surface area contributed by atoms with Crippen LogP contribution in [0.2, 0.25) is 0 Å². The fourth-order valence-corrected chi connectivity index (χ4v) is 2.25. The highest BCUT2D eigenvalue weighted by Crippen LogP contribution is 2.31. The van der Waals surface area contributed by atoms with E-state index in [0.29, 0.717) is 0 Å². The monoisotopic (exact) mass is 291 g/mol. The van der Waals surface area contributed by atoms with Gasteiger partial charge in [0, 0.05) is 22.8 Å². The van der Waals surface area contributed by atoms with Crippen molar-refractivity contribution in [1.82, 2.24) is 4.98 Å². The molecule has 1 heterocycles. The maximum absolute atomic E-state index is 10.3. The lowest BCUT2D eigenvalue weighted by Crippen LogP contribution is -2.07. The SMILES string of the molecule is CC(c1ccncc1)C(O)c1cccc(Br)c1. The van der Waals surface area contributed by atoms with E-state index in [1.54, 1.807) is 12.4 Å². The van der Waals surface area contributed by atoms with Crippen LogP contribution in [0.5, 0.6) is 0 Å². The summed E-state index contributed by atoms with van der Waals surface area (Å²) in [6, 6.07) is 11.6. The Balaban J connectivity index is 2.23. The second kappa shape index (κ2) is 5.43. The van der Waals surface area contributed by atoms with Crippen LogP contribution >= 0.6 is 15.9 Å². The highest BCUT2D eigenvalue weighted by atomic mass is 79.9. The maximum Gasteiger partial charge on any atom is 0.0856 e. The first-order chi connectivity index (χ1) is 8.18. The van der Waals surface area contributed by atoms with E-state index >= 15 is 0 Å². The molecule has 2 unspecified atom stereocenters. The average molecular weight is 292 g/mol. The number of benzene rings is 1. The van der Waals surface area contributed by atoms with Crippen molar-refractivity contribution < 1.29 is 5.11 Å². The van der Waals surface area contributed by atoms with E-state index in [1.807, 2.05) is 43.3 Å². The van der Waals surface area contributed by atoms with Gasteiger partial charge in [0.15, 0.2) is 0 Å². The molecule has 0 fully saturated rings. The van der Waals surface area contributed by atoms with Gasteiger partial charge in [-0.2, -0.15) is 0 Å². The predicted molar refractivity (Wildman–Crippen MR) is 71.8 cm³/mol. The zero-order chi connectivity index (χ0) is 12.3. The lowest BCUT2D eigenvalue weighted by Gasteiger charge is -2.19. The van der Waals surface area contributed by atoms with Crippen molar-refractivity contribution in [1.29, 1.82) is 0 Å². The number of halogens is 1. The Kier molecular flexibility index (Phi) is 3.92. The molecule has 17 heavy (non-hydrogen) atoms. The Morgan fingerprint density at radius 1 is 1.12 bits per heavy atom. The molecule has 0 aliphatic carbocycles. The summed E-state index contributed by atoms with van der Waals surface area (Å²) in [4.78, 5) is 3.98. The van der Waals surface area contributed by atoms with Crippen LogP contribution in [-0.2, 0) is 0 Å². The van der Waals surface area contributed by atoms with Gasteiger partial charge in [0.2, 0.25) is 0 Å². The Morgan fingerprint density at radius 2 is 1.82 bits per heavy atom. The summed E-state index contributed by atoms with van der Waals surface area (Å²) in [5, 5.41) is 10.3. The molecule has 0 saturated carbocycles. The van der Waals surface area contributed by atoms with Gasteiger partial charge in [0.1, 0.15) is 0 Å². The Hall–Kier alpha value is -1.19. The Morgan fingerprint density at radius 3 is 2.47 bits per heavy atom. The van der Waals surface area contributed by atoms with Crippen molar-refractivity contribution in [3.8, 4) is 0 Å². The van der Waals surface area contributed by atoms with Crippen LogP contribution in [0.4, 0.5) is 0 Å². The summed E-state index contributed by atoms with van der Waals surface area (Å²) in [7, 11) is 0. The first-order valence-corrected chi connectivity index (χ1v) is 6.31. The van der Waals surface area contributed by atoms with Crippen molar-refractivity contribution in [2.24, 2.45) is 0 Å². The number of nitrogens with zero attached hydrogens (tertiary/aromatic N) is 1. The fourth-order valence-electron chi connectivity index (χ4n) is 1.83. The maximum atomic E-state index is 10.3. The predicted octanol–water partition coefficient (Wildman–Crippen LogP) is 3.68. The summed E-state index contributed by atoms with van der Waals surface area (Å²) in [5.74, 6) is 0.0484. The van der Waals surface area contributed by atoms with Crippen LogP contribution in [0, 0.1) is 0 Å². The van der Waals surface area contributed by atoms with Crippen molar-refractivity contribution in [3.05, 3.63) is 64.4 Å². The molecule has 0 radical (unpaired) electrons. The third-order valence-corrected chi connectivity index (χ3v) is 3.39. The van der Waals surface area contributed by atoms with Gasteiger partial charge in [-0.3, -0.25) is 4.98 Å². The van der Waals surface area contributed by atoms with E-state index < -0.39 is 6.10 Å². The van der Waals surface area contributed by atoms with Crippen molar-refractivity contribution in [3.63, 3.8) is 0 Å². The highest BCUT2D eigenvalue weighted by molar-refractivity contribution is 9.10. The molecule has 2 rings (SSSR count). The molecule has 1 aromatic heterocycles. The zero-order valence-electron chi connectivity index (χ0n) is 9.55. The van der Waals surface area contributed by atoms with Gasteiger partial charge in [0.25, 0.3) is 0 Å². The number of rotatable bonds is 3. The highest BCUT2D eigenvalue weighted by Gasteiger charge is 2.18. The fraction of sp³-hybridized carbons (Fsp3) is 0.214. The van der Waals surface area contributed by atoms with Gasteiger partial charge in [-0.15, -0.1) is 0 Å². The number of hydrogen-bond donors (Lipinski definition) is 1. The van der Waals surface area contributed by atoms with Crippen LogP contribution in [0.3, 0.4) is 0 Å². The molecule has 1 N–H and O–H groups in total. The van der Waals surface area contributed by atoms with Crippen LogP contribution in [0.1, 0.15) is 30.1 Å². The van der Waals surface area contributed by atoms with Gasteiger partial charge in [0.05, 0.1) is 6.10 Å². The Bertz CT molecular complexity index is 487. The van der Waals surface area contributed by atoms with Crippen LogP contribution in [-0.4, -0.2) is 10.1 Å². The van der Waals surface area contributed by atoms with E-state index in [9.17, 15) is 5.11 Å². The van der Waals surface area contributed by atoms with E-state index in [-0.39, 0.29) is 5.92 Å². The second-order valence-corrected chi connectivity index (χ2v) is 4.98. The molecule has 0 aliphatic rings. The molecule has 2 aromatic rings. The molecule has 0 bridgehead atoms. The number of pyridine rings is 1. The Labute approximate surface area is 109 Å². The summed E-state index contributed by atoms with van der Waals surface area (Å²) in [6.07, 6.45) is 2.99. The van der Waals surface area contributed by atoms with Crippen LogP contribution in [0.25, 0.3) is 0 Å². The minimum absolute atomic E-state index is 0.0484. The van der Waals surface area contributed by atoms with Crippen LogP contribution < -0.4 is 0 Å². The van der Waals surface area contributed by atoms with Gasteiger partial charge in [-0.25, -0.2) is 0 Å². The van der Waals surface area contributed by atoms with E-state index in [4.69, 9.17) is 0 Å². The third-order valence-electron chi connectivity index (χ3n) is 2.90. The molecule has 3 heteroatoms. The molecule has 1 aromatic carbocycles. The quantitative estimate of drug-likeness (QED) is 0.936. The van der Waals surface area contributed by atoms with Crippen LogP contribution in [0.15, 0.2) is 53.3 Å². The molecular formula is C14H14BrNO. The minimum atomic E-state index is -0.505. The van der Waals surface area contributed by atoms with E-state index in [1.165, 1.54) is 0 Å². The smallest absolute Gasteiger partial charge is 0.0856 e. The minimum Gasteiger partial charge on any atom is -0.388 e. The number of aliphatic hydroxyl groups is 1. The molecule has 0 spiro atoms. The van der Waals surface area contributed by atoms with E-state index in [2.05, 4.69) is 20.9 Å².